The third-order valence-electron chi connectivity index (χ3n) is 6.23. The van der Waals surface area contributed by atoms with E-state index in [1.54, 1.807) is 25.1 Å². The highest BCUT2D eigenvalue weighted by molar-refractivity contribution is 7.22. The number of rotatable bonds is 4. The molecule has 1 aliphatic rings. The Balaban J connectivity index is 1.60. The first kappa shape index (κ1) is 22.8. The van der Waals surface area contributed by atoms with Crippen LogP contribution in [0.3, 0.4) is 0 Å². The Labute approximate surface area is 219 Å². The van der Waals surface area contributed by atoms with Gasteiger partial charge in [-0.05, 0) is 48.4 Å². The van der Waals surface area contributed by atoms with Crippen LogP contribution in [0.5, 0.6) is 0 Å². The summed E-state index contributed by atoms with van der Waals surface area (Å²) in [5.41, 5.74) is 2.00. The van der Waals surface area contributed by atoms with Crippen LogP contribution in [-0.2, 0) is 4.79 Å². The highest BCUT2D eigenvalue weighted by atomic mass is 35.5. The molecule has 6 rings (SSSR count). The van der Waals surface area contributed by atoms with E-state index in [0.29, 0.717) is 26.2 Å². The van der Waals surface area contributed by atoms with Crippen LogP contribution in [-0.4, -0.2) is 26.8 Å². The van der Waals surface area contributed by atoms with Gasteiger partial charge < -0.3 is 5.11 Å². The number of aryl methyl sites for hydroxylation is 2. The van der Waals surface area contributed by atoms with Gasteiger partial charge in [-0.25, -0.2) is 9.97 Å². The van der Waals surface area contributed by atoms with Crippen molar-refractivity contribution in [2.75, 3.05) is 4.90 Å². The summed E-state index contributed by atoms with van der Waals surface area (Å²) in [6, 6.07) is 18.0. The molecule has 3 aromatic carbocycles. The summed E-state index contributed by atoms with van der Waals surface area (Å²) < 4.78 is 0.801. The lowest BCUT2D eigenvalue weighted by molar-refractivity contribution is -0.117. The van der Waals surface area contributed by atoms with E-state index >= 15 is 0 Å². The molecule has 1 N–H and O–H groups in total. The number of carbonyl (C=O) groups is 2. The van der Waals surface area contributed by atoms with E-state index in [1.807, 2.05) is 49.4 Å². The molecule has 3 heterocycles. The molecule has 6 nitrogen and oxygen atoms in total. The van der Waals surface area contributed by atoms with Crippen LogP contribution in [0, 0.1) is 13.8 Å². The standard InChI is InChI=1S/C27H18ClN3O3S2/c1-13-25(35-14(2)29-13)23(32)21-22(18-9-5-7-15-6-3-4-8-17(15)18)31(26(34)24(21)33)27-30-19-11-10-16(28)12-20(19)36-27/h3-12,22,33H,1-2H3. The predicted molar refractivity (Wildman–Crippen MR) is 144 cm³/mol. The summed E-state index contributed by atoms with van der Waals surface area (Å²) in [7, 11) is 0. The maximum atomic E-state index is 13.9. The number of aliphatic hydroxyl groups is 1. The van der Waals surface area contributed by atoms with Gasteiger partial charge in [0.05, 0.1) is 37.4 Å². The fourth-order valence-corrected chi connectivity index (χ4v) is 6.81. The van der Waals surface area contributed by atoms with Crippen LogP contribution in [0.2, 0.25) is 5.02 Å². The molecule has 1 amide bonds. The molecule has 0 bridgehead atoms. The molecule has 178 valence electrons. The molecule has 0 saturated carbocycles. The molecule has 0 saturated heterocycles. The Bertz CT molecular complexity index is 1750. The summed E-state index contributed by atoms with van der Waals surface area (Å²) >= 11 is 8.72. The van der Waals surface area contributed by atoms with Crippen molar-refractivity contribution in [3.05, 3.63) is 98.2 Å². The number of hydrogen-bond donors (Lipinski definition) is 1. The minimum atomic E-state index is -0.867. The van der Waals surface area contributed by atoms with Crippen molar-refractivity contribution in [1.29, 1.82) is 0 Å². The number of Topliss-reactive ketones (excluding diaryl/α,β-unsaturated/α-hetero) is 1. The number of ketones is 1. The summed E-state index contributed by atoms with van der Waals surface area (Å²) in [4.78, 5) is 38.4. The molecule has 1 aliphatic heterocycles. The number of hydrogen-bond acceptors (Lipinski definition) is 7. The van der Waals surface area contributed by atoms with E-state index in [4.69, 9.17) is 11.6 Å². The highest BCUT2D eigenvalue weighted by Crippen LogP contribution is 2.46. The number of fused-ring (bicyclic) bond motifs is 2. The zero-order chi connectivity index (χ0) is 25.1. The smallest absolute Gasteiger partial charge is 0.296 e. The molecule has 0 fully saturated rings. The SMILES string of the molecule is Cc1nc(C)c(C(=O)C2=C(O)C(=O)N(c3nc4ccc(Cl)cc4s3)C2c2cccc3ccccc23)s1. The van der Waals surface area contributed by atoms with Crippen LogP contribution in [0.4, 0.5) is 5.13 Å². The van der Waals surface area contributed by atoms with Gasteiger partial charge in [0.15, 0.2) is 10.9 Å². The fourth-order valence-electron chi connectivity index (χ4n) is 4.67. The number of benzene rings is 3. The molecule has 0 spiro atoms. The second-order valence-corrected chi connectivity index (χ2v) is 11.1. The number of amides is 1. The van der Waals surface area contributed by atoms with Gasteiger partial charge in [-0.1, -0.05) is 65.4 Å². The second kappa shape index (κ2) is 8.51. The molecule has 1 atom stereocenters. The Morgan fingerprint density at radius 2 is 1.81 bits per heavy atom. The third-order valence-corrected chi connectivity index (χ3v) is 8.55. The van der Waals surface area contributed by atoms with Gasteiger partial charge in [0.25, 0.3) is 5.91 Å². The van der Waals surface area contributed by atoms with Gasteiger partial charge in [0.2, 0.25) is 5.78 Å². The molecule has 5 aromatic rings. The third kappa shape index (κ3) is 3.52. The van der Waals surface area contributed by atoms with Crippen molar-refractivity contribution in [3.8, 4) is 0 Å². The minimum Gasteiger partial charge on any atom is -0.503 e. The summed E-state index contributed by atoms with van der Waals surface area (Å²) in [6.45, 7) is 3.58. The van der Waals surface area contributed by atoms with Gasteiger partial charge in [-0.15, -0.1) is 11.3 Å². The fraction of sp³-hybridized carbons (Fsp3) is 0.111. The van der Waals surface area contributed by atoms with E-state index < -0.39 is 23.5 Å². The largest absolute Gasteiger partial charge is 0.503 e. The van der Waals surface area contributed by atoms with Crippen molar-refractivity contribution in [2.24, 2.45) is 0 Å². The zero-order valence-electron chi connectivity index (χ0n) is 19.2. The quantitative estimate of drug-likeness (QED) is 0.253. The molecule has 9 heteroatoms. The summed E-state index contributed by atoms with van der Waals surface area (Å²) in [5, 5.41) is 14.7. The van der Waals surface area contributed by atoms with E-state index in [9.17, 15) is 14.7 Å². The van der Waals surface area contributed by atoms with E-state index in [1.165, 1.54) is 27.6 Å². The normalized spacial score (nSPS) is 16.0. The predicted octanol–water partition coefficient (Wildman–Crippen LogP) is 6.96. The molecule has 2 aromatic heterocycles. The maximum Gasteiger partial charge on any atom is 0.296 e. The van der Waals surface area contributed by atoms with E-state index in [0.717, 1.165) is 26.0 Å². The van der Waals surface area contributed by atoms with Crippen LogP contribution in [0.1, 0.15) is 32.0 Å². The van der Waals surface area contributed by atoms with Crippen molar-refractivity contribution in [2.45, 2.75) is 19.9 Å². The zero-order valence-corrected chi connectivity index (χ0v) is 21.5. The Morgan fingerprint density at radius 1 is 1.03 bits per heavy atom. The molecular formula is C27H18ClN3O3S2. The van der Waals surface area contributed by atoms with Crippen LogP contribution >= 0.6 is 34.3 Å². The summed E-state index contributed by atoms with van der Waals surface area (Å²) in [5.74, 6) is -1.64. The molecule has 0 aliphatic carbocycles. The first-order valence-electron chi connectivity index (χ1n) is 11.1. The van der Waals surface area contributed by atoms with Crippen molar-refractivity contribution in [3.63, 3.8) is 0 Å². The molecule has 1 unspecified atom stereocenters. The number of thiazole rings is 2. The Hall–Kier alpha value is -3.59. The lowest BCUT2D eigenvalue weighted by Crippen LogP contribution is -2.31. The van der Waals surface area contributed by atoms with Crippen LogP contribution in [0.25, 0.3) is 21.0 Å². The topological polar surface area (TPSA) is 83.4 Å². The van der Waals surface area contributed by atoms with Crippen molar-refractivity contribution < 1.29 is 14.7 Å². The highest BCUT2D eigenvalue weighted by Gasteiger charge is 2.47. The maximum absolute atomic E-state index is 13.9. The summed E-state index contributed by atoms with van der Waals surface area (Å²) in [6.07, 6.45) is 0. The molecular weight excluding hydrogens is 514 g/mol. The lowest BCUT2D eigenvalue weighted by Gasteiger charge is -2.25. The van der Waals surface area contributed by atoms with Crippen molar-refractivity contribution in [1.82, 2.24) is 9.97 Å². The Morgan fingerprint density at radius 3 is 2.58 bits per heavy atom. The van der Waals surface area contributed by atoms with Gasteiger partial charge >= 0.3 is 0 Å². The second-order valence-electron chi connectivity index (χ2n) is 8.49. The Kier molecular flexibility index (Phi) is 5.40. The first-order chi connectivity index (χ1) is 17.3. The number of halogens is 1. The number of anilines is 1. The van der Waals surface area contributed by atoms with Gasteiger partial charge in [0, 0.05) is 5.02 Å². The van der Waals surface area contributed by atoms with E-state index in [-0.39, 0.29) is 5.57 Å². The van der Waals surface area contributed by atoms with Crippen LogP contribution < -0.4 is 4.90 Å². The minimum absolute atomic E-state index is 0.0281. The van der Waals surface area contributed by atoms with E-state index in [2.05, 4.69) is 9.97 Å². The number of nitrogens with zero attached hydrogens (tertiary/aromatic N) is 3. The van der Waals surface area contributed by atoms with Crippen LogP contribution in [0.15, 0.2) is 72.0 Å². The molecule has 36 heavy (non-hydrogen) atoms. The van der Waals surface area contributed by atoms with Gasteiger partial charge in [0.1, 0.15) is 0 Å². The van der Waals surface area contributed by atoms with Crippen molar-refractivity contribution >= 4 is 72.1 Å². The monoisotopic (exact) mass is 531 g/mol. The number of carbonyl (C=O) groups excluding carboxylic acids is 2. The number of aromatic nitrogens is 2. The lowest BCUT2D eigenvalue weighted by atomic mass is 9.91. The molecule has 0 radical (unpaired) electrons. The number of aliphatic hydroxyl groups excluding tert-OH is 1. The van der Waals surface area contributed by atoms with Gasteiger partial charge in [-0.2, -0.15) is 0 Å². The first-order valence-corrected chi connectivity index (χ1v) is 13.1. The average molecular weight is 532 g/mol. The van der Waals surface area contributed by atoms with Gasteiger partial charge in [-0.3, -0.25) is 14.5 Å². The average Bonchev–Trinajstić information content (AvgIpc) is 3.51.